The van der Waals surface area contributed by atoms with Crippen molar-refractivity contribution in [2.45, 2.75) is 51.5 Å². The maximum atomic E-state index is 5.90. The van der Waals surface area contributed by atoms with Gasteiger partial charge in [-0.2, -0.15) is 0 Å². The van der Waals surface area contributed by atoms with Gasteiger partial charge in [0.05, 0.1) is 12.2 Å². The molecule has 0 aliphatic heterocycles. The average Bonchev–Trinajstić information content (AvgIpc) is 2.38. The Morgan fingerprint density at radius 1 is 1.32 bits per heavy atom. The molecule has 0 spiro atoms. The molecule has 1 rings (SSSR count). The Kier molecular flexibility index (Phi) is 6.08. The number of ether oxygens (including phenoxy) is 2. The molecule has 1 heterocycles. The summed E-state index contributed by atoms with van der Waals surface area (Å²) < 4.78 is 11.1. The number of hydrogen-bond acceptors (Lipinski definition) is 3. The van der Waals surface area contributed by atoms with Crippen molar-refractivity contribution in [3.63, 3.8) is 0 Å². The smallest absolute Gasteiger partial charge is 0.213 e. The molecule has 0 fully saturated rings. The van der Waals surface area contributed by atoms with Crippen LogP contribution in [0.5, 0.6) is 5.88 Å². The lowest BCUT2D eigenvalue weighted by Crippen LogP contribution is -2.25. The van der Waals surface area contributed by atoms with Gasteiger partial charge in [0.15, 0.2) is 0 Å². The van der Waals surface area contributed by atoms with Crippen LogP contribution >= 0.6 is 11.6 Å². The molecular weight excluding hydrogens is 262 g/mol. The zero-order chi connectivity index (χ0) is 14.5. The first-order chi connectivity index (χ1) is 8.88. The van der Waals surface area contributed by atoms with Crippen molar-refractivity contribution in [2.75, 3.05) is 13.7 Å². The van der Waals surface area contributed by atoms with Crippen molar-refractivity contribution in [3.05, 3.63) is 23.4 Å². The summed E-state index contributed by atoms with van der Waals surface area (Å²) in [6, 6.07) is 3.93. The second-order valence-electron chi connectivity index (χ2n) is 5.59. The highest BCUT2D eigenvalue weighted by molar-refractivity contribution is 6.17. The fourth-order valence-electron chi connectivity index (χ4n) is 1.53. The first kappa shape index (κ1) is 16.3. The number of alkyl halides is 1. The maximum absolute atomic E-state index is 5.90. The van der Waals surface area contributed by atoms with E-state index in [-0.39, 0.29) is 5.60 Å². The maximum Gasteiger partial charge on any atom is 0.213 e. The first-order valence-electron chi connectivity index (χ1n) is 6.62. The van der Waals surface area contributed by atoms with Crippen LogP contribution in [0.4, 0.5) is 0 Å². The summed E-state index contributed by atoms with van der Waals surface area (Å²) in [5, 5.41) is 0. The number of aromatic nitrogens is 1. The van der Waals surface area contributed by atoms with Crippen LogP contribution in [0, 0.1) is 0 Å². The van der Waals surface area contributed by atoms with Crippen LogP contribution in [-0.2, 0) is 10.6 Å². The third-order valence-corrected chi connectivity index (χ3v) is 3.44. The Bertz CT molecular complexity index is 405. The highest BCUT2D eigenvalue weighted by atomic mass is 35.5. The van der Waals surface area contributed by atoms with Gasteiger partial charge < -0.3 is 9.47 Å². The number of halogens is 1. The molecule has 0 aliphatic carbocycles. The summed E-state index contributed by atoms with van der Waals surface area (Å²) in [6.07, 6.45) is 0.813. The summed E-state index contributed by atoms with van der Waals surface area (Å²) >= 11 is 5.90. The topological polar surface area (TPSA) is 31.4 Å². The molecule has 0 saturated heterocycles. The van der Waals surface area contributed by atoms with E-state index in [2.05, 4.69) is 18.8 Å². The van der Waals surface area contributed by atoms with E-state index in [9.17, 15) is 0 Å². The van der Waals surface area contributed by atoms with Crippen LogP contribution in [0.3, 0.4) is 0 Å². The number of methoxy groups -OCH3 is 1. The van der Waals surface area contributed by atoms with Gasteiger partial charge in [-0.1, -0.05) is 13.8 Å². The molecule has 1 aromatic rings. The van der Waals surface area contributed by atoms with Crippen LogP contribution in [0.2, 0.25) is 0 Å². The summed E-state index contributed by atoms with van der Waals surface area (Å²) in [6.45, 7) is 8.88. The Morgan fingerprint density at radius 2 is 2.00 bits per heavy atom. The lowest BCUT2D eigenvalue weighted by molar-refractivity contribution is 0.00506. The van der Waals surface area contributed by atoms with E-state index >= 15 is 0 Å². The van der Waals surface area contributed by atoms with E-state index in [0.717, 1.165) is 17.7 Å². The van der Waals surface area contributed by atoms with Crippen molar-refractivity contribution in [1.29, 1.82) is 0 Å². The first-order valence-corrected chi connectivity index (χ1v) is 7.16. The van der Waals surface area contributed by atoms with E-state index in [1.165, 1.54) is 0 Å². The van der Waals surface area contributed by atoms with Gasteiger partial charge in [0.1, 0.15) is 0 Å². The molecular formula is C15H24ClNO2. The predicted molar refractivity (Wildman–Crippen MR) is 79.1 cm³/mol. The lowest BCUT2D eigenvalue weighted by atomic mass is 10.1. The second-order valence-corrected chi connectivity index (χ2v) is 5.86. The van der Waals surface area contributed by atoms with Gasteiger partial charge in [-0.15, -0.1) is 11.6 Å². The van der Waals surface area contributed by atoms with Gasteiger partial charge in [-0.3, -0.25) is 0 Å². The molecule has 4 heteroatoms. The summed E-state index contributed by atoms with van der Waals surface area (Å²) in [5.74, 6) is 1.48. The van der Waals surface area contributed by atoms with E-state index in [4.69, 9.17) is 21.1 Å². The molecule has 108 valence electrons. The van der Waals surface area contributed by atoms with Gasteiger partial charge in [0.25, 0.3) is 0 Å². The van der Waals surface area contributed by atoms with Gasteiger partial charge in [0.2, 0.25) is 5.88 Å². The van der Waals surface area contributed by atoms with Gasteiger partial charge in [-0.05, 0) is 31.4 Å². The quantitative estimate of drug-likeness (QED) is 0.706. The number of hydrogen-bond donors (Lipinski definition) is 0. The number of pyridine rings is 1. The Morgan fingerprint density at radius 3 is 2.53 bits per heavy atom. The minimum absolute atomic E-state index is 0.176. The molecule has 0 aromatic carbocycles. The van der Waals surface area contributed by atoms with E-state index in [1.807, 2.05) is 26.0 Å². The van der Waals surface area contributed by atoms with E-state index in [0.29, 0.717) is 24.3 Å². The van der Waals surface area contributed by atoms with E-state index in [1.54, 1.807) is 7.11 Å². The van der Waals surface area contributed by atoms with Crippen LogP contribution in [0.15, 0.2) is 12.1 Å². The molecule has 3 nitrogen and oxygen atoms in total. The monoisotopic (exact) mass is 285 g/mol. The van der Waals surface area contributed by atoms with Crippen molar-refractivity contribution in [2.24, 2.45) is 0 Å². The van der Waals surface area contributed by atoms with Crippen LogP contribution < -0.4 is 4.74 Å². The molecule has 0 aliphatic rings. The van der Waals surface area contributed by atoms with E-state index < -0.39 is 0 Å². The third-order valence-electron chi connectivity index (χ3n) is 3.13. The minimum atomic E-state index is -0.176. The fourth-order valence-corrected chi connectivity index (χ4v) is 1.69. The SMILES string of the molecule is COC(C)(C)CCOc1cc(CCl)cc(C(C)C)n1. The Hall–Kier alpha value is -0.800. The van der Waals surface area contributed by atoms with Gasteiger partial charge in [-0.25, -0.2) is 4.98 Å². The van der Waals surface area contributed by atoms with Crippen molar-refractivity contribution < 1.29 is 9.47 Å². The highest BCUT2D eigenvalue weighted by Crippen LogP contribution is 2.21. The summed E-state index contributed by atoms with van der Waals surface area (Å²) in [7, 11) is 1.71. The Labute approximate surface area is 121 Å². The molecule has 19 heavy (non-hydrogen) atoms. The number of rotatable bonds is 7. The highest BCUT2D eigenvalue weighted by Gasteiger charge is 2.16. The molecule has 0 unspecified atom stereocenters. The molecule has 0 N–H and O–H groups in total. The molecule has 0 saturated carbocycles. The largest absolute Gasteiger partial charge is 0.478 e. The van der Waals surface area contributed by atoms with Gasteiger partial charge in [0, 0.05) is 31.2 Å². The molecule has 0 bridgehead atoms. The van der Waals surface area contributed by atoms with Crippen molar-refractivity contribution >= 4 is 11.6 Å². The van der Waals surface area contributed by atoms with Crippen LogP contribution in [0.1, 0.15) is 51.3 Å². The standard InChI is InChI=1S/C15H24ClNO2/c1-11(2)13-8-12(10-16)9-14(17-13)19-7-6-15(3,4)18-5/h8-9,11H,6-7,10H2,1-5H3. The third kappa shape index (κ3) is 5.37. The molecule has 0 amide bonds. The average molecular weight is 286 g/mol. The lowest BCUT2D eigenvalue weighted by Gasteiger charge is -2.22. The van der Waals surface area contributed by atoms with Gasteiger partial charge >= 0.3 is 0 Å². The molecule has 1 aromatic heterocycles. The minimum Gasteiger partial charge on any atom is -0.478 e. The normalized spacial score (nSPS) is 11.9. The second kappa shape index (κ2) is 7.11. The fraction of sp³-hybridized carbons (Fsp3) is 0.667. The molecule has 0 radical (unpaired) electrons. The van der Waals surface area contributed by atoms with Crippen molar-refractivity contribution in [3.8, 4) is 5.88 Å². The van der Waals surface area contributed by atoms with Crippen LogP contribution in [-0.4, -0.2) is 24.3 Å². The van der Waals surface area contributed by atoms with Crippen LogP contribution in [0.25, 0.3) is 0 Å². The molecule has 0 atom stereocenters. The summed E-state index contributed by atoms with van der Waals surface area (Å²) in [5.41, 5.74) is 1.88. The zero-order valence-electron chi connectivity index (χ0n) is 12.5. The Balaban J connectivity index is 2.70. The zero-order valence-corrected chi connectivity index (χ0v) is 13.3. The summed E-state index contributed by atoms with van der Waals surface area (Å²) in [4.78, 5) is 4.50. The van der Waals surface area contributed by atoms with Crippen molar-refractivity contribution in [1.82, 2.24) is 4.98 Å². The number of nitrogens with zero attached hydrogens (tertiary/aromatic N) is 1. The predicted octanol–water partition coefficient (Wildman–Crippen LogP) is 4.14.